The quantitative estimate of drug-likeness (QED) is 0.641. The van der Waals surface area contributed by atoms with Gasteiger partial charge >= 0.3 is 5.97 Å². The van der Waals surface area contributed by atoms with Gasteiger partial charge in [0.15, 0.2) is 0 Å². The van der Waals surface area contributed by atoms with Crippen molar-refractivity contribution in [2.75, 3.05) is 12.4 Å². The predicted octanol–water partition coefficient (Wildman–Crippen LogP) is 4.94. The Bertz CT molecular complexity index is 966. The molecular weight excluding hydrogens is 358 g/mol. The first kappa shape index (κ1) is 17.5. The van der Waals surface area contributed by atoms with Crippen LogP contribution in [0, 0.1) is 5.92 Å². The number of carbonyl (C=O) groups excluding carboxylic acids is 2. The van der Waals surface area contributed by atoms with Crippen molar-refractivity contribution in [3.63, 3.8) is 0 Å². The monoisotopic (exact) mass is 377 g/mol. The molecule has 1 amide bonds. The van der Waals surface area contributed by atoms with Crippen LogP contribution in [0.2, 0.25) is 0 Å². The van der Waals surface area contributed by atoms with Gasteiger partial charge in [0.05, 0.1) is 7.11 Å². The van der Waals surface area contributed by atoms with Crippen molar-refractivity contribution < 1.29 is 14.3 Å². The zero-order chi connectivity index (χ0) is 18.8. The standard InChI is InChI=1S/C22H19NO3S/c1-26-22(25)19-18(15-10-6-3-7-11-15)13-27-21(19)23-20(24)17-12-16(17)14-8-4-2-5-9-14/h2-11,13,16-17H,12H2,1H3,(H,23,24). The Labute approximate surface area is 161 Å². The van der Waals surface area contributed by atoms with Crippen molar-refractivity contribution >= 4 is 28.2 Å². The number of benzene rings is 2. The molecule has 27 heavy (non-hydrogen) atoms. The van der Waals surface area contributed by atoms with Gasteiger partial charge in [-0.25, -0.2) is 4.79 Å². The Kier molecular flexibility index (Phi) is 4.77. The number of methoxy groups -OCH3 is 1. The summed E-state index contributed by atoms with van der Waals surface area (Å²) >= 11 is 1.35. The molecule has 2 atom stereocenters. The lowest BCUT2D eigenvalue weighted by Crippen LogP contribution is -2.16. The molecule has 4 nitrogen and oxygen atoms in total. The number of ether oxygens (including phenoxy) is 1. The maximum atomic E-state index is 12.7. The van der Waals surface area contributed by atoms with E-state index in [9.17, 15) is 9.59 Å². The highest BCUT2D eigenvalue weighted by molar-refractivity contribution is 7.15. The minimum absolute atomic E-state index is 0.0459. The second-order valence-electron chi connectivity index (χ2n) is 6.56. The van der Waals surface area contributed by atoms with Crippen LogP contribution in [0.3, 0.4) is 0 Å². The van der Waals surface area contributed by atoms with E-state index in [1.807, 2.05) is 53.9 Å². The Hall–Kier alpha value is -2.92. The third-order valence-corrected chi connectivity index (χ3v) is 5.75. The molecule has 1 N–H and O–H groups in total. The maximum absolute atomic E-state index is 12.7. The molecule has 1 fully saturated rings. The molecule has 1 aliphatic rings. The maximum Gasteiger partial charge on any atom is 0.341 e. The number of carbonyl (C=O) groups is 2. The van der Waals surface area contributed by atoms with E-state index < -0.39 is 5.97 Å². The predicted molar refractivity (Wildman–Crippen MR) is 107 cm³/mol. The molecular formula is C22H19NO3S. The summed E-state index contributed by atoms with van der Waals surface area (Å²) in [7, 11) is 1.35. The SMILES string of the molecule is COC(=O)c1c(-c2ccccc2)csc1NC(=O)C1CC1c1ccccc1. The molecule has 0 bridgehead atoms. The summed E-state index contributed by atoms with van der Waals surface area (Å²) in [5, 5.41) is 5.39. The molecule has 2 unspecified atom stereocenters. The second-order valence-corrected chi connectivity index (χ2v) is 7.44. The van der Waals surface area contributed by atoms with Gasteiger partial charge in [0, 0.05) is 16.9 Å². The number of anilines is 1. The molecule has 1 aromatic heterocycles. The van der Waals surface area contributed by atoms with E-state index in [0.717, 1.165) is 17.5 Å². The van der Waals surface area contributed by atoms with Crippen molar-refractivity contribution in [2.45, 2.75) is 12.3 Å². The minimum atomic E-state index is -0.444. The van der Waals surface area contributed by atoms with Gasteiger partial charge in [-0.2, -0.15) is 0 Å². The summed E-state index contributed by atoms with van der Waals surface area (Å²) < 4.78 is 4.96. The zero-order valence-electron chi connectivity index (χ0n) is 14.8. The zero-order valence-corrected chi connectivity index (χ0v) is 15.7. The van der Waals surface area contributed by atoms with Crippen LogP contribution in [-0.4, -0.2) is 19.0 Å². The molecule has 0 saturated heterocycles. The lowest BCUT2D eigenvalue weighted by molar-refractivity contribution is -0.117. The third-order valence-electron chi connectivity index (χ3n) is 4.86. The summed E-state index contributed by atoms with van der Waals surface area (Å²) in [6.45, 7) is 0. The second kappa shape index (κ2) is 7.37. The molecule has 4 rings (SSSR count). The van der Waals surface area contributed by atoms with Gasteiger partial charge in [0.2, 0.25) is 5.91 Å². The molecule has 0 aliphatic heterocycles. The summed E-state index contributed by atoms with van der Waals surface area (Å²) in [6, 6.07) is 19.7. The first-order valence-corrected chi connectivity index (χ1v) is 9.68. The number of rotatable bonds is 5. The van der Waals surface area contributed by atoms with Gasteiger partial charge in [0.1, 0.15) is 10.6 Å². The Morgan fingerprint density at radius 2 is 1.70 bits per heavy atom. The number of nitrogens with one attached hydrogen (secondary N) is 1. The van der Waals surface area contributed by atoms with E-state index in [2.05, 4.69) is 17.4 Å². The fourth-order valence-electron chi connectivity index (χ4n) is 3.34. The van der Waals surface area contributed by atoms with Crippen LogP contribution in [0.1, 0.15) is 28.3 Å². The van der Waals surface area contributed by atoms with Crippen LogP contribution in [0.15, 0.2) is 66.0 Å². The fraction of sp³-hybridized carbons (Fsp3) is 0.182. The normalized spacial score (nSPS) is 18.0. The van der Waals surface area contributed by atoms with E-state index in [4.69, 9.17) is 4.74 Å². The van der Waals surface area contributed by atoms with Gasteiger partial charge < -0.3 is 10.1 Å². The average molecular weight is 377 g/mol. The number of hydrogen-bond donors (Lipinski definition) is 1. The van der Waals surface area contributed by atoms with Gasteiger partial charge in [-0.05, 0) is 23.5 Å². The van der Waals surface area contributed by atoms with E-state index in [-0.39, 0.29) is 17.7 Å². The van der Waals surface area contributed by atoms with Gasteiger partial charge in [-0.1, -0.05) is 60.7 Å². The van der Waals surface area contributed by atoms with Crippen LogP contribution < -0.4 is 5.32 Å². The molecule has 136 valence electrons. The summed E-state index contributed by atoms with van der Waals surface area (Å²) in [5.74, 6) is -0.294. The van der Waals surface area contributed by atoms with E-state index in [1.54, 1.807) is 0 Å². The van der Waals surface area contributed by atoms with Crippen molar-refractivity contribution in [2.24, 2.45) is 5.92 Å². The van der Waals surface area contributed by atoms with Crippen molar-refractivity contribution in [1.82, 2.24) is 0 Å². The lowest BCUT2D eigenvalue weighted by atomic mass is 10.0. The van der Waals surface area contributed by atoms with Crippen molar-refractivity contribution in [3.05, 3.63) is 77.2 Å². The molecule has 1 aliphatic carbocycles. The molecule has 0 radical (unpaired) electrons. The number of thiophene rings is 1. The largest absolute Gasteiger partial charge is 0.465 e. The number of esters is 1. The van der Waals surface area contributed by atoms with Crippen LogP contribution in [0.25, 0.3) is 11.1 Å². The van der Waals surface area contributed by atoms with Crippen molar-refractivity contribution in [1.29, 1.82) is 0 Å². The highest BCUT2D eigenvalue weighted by atomic mass is 32.1. The van der Waals surface area contributed by atoms with E-state index >= 15 is 0 Å². The summed E-state index contributed by atoms with van der Waals surface area (Å²) in [6.07, 6.45) is 0.834. The van der Waals surface area contributed by atoms with Crippen LogP contribution in [0.4, 0.5) is 5.00 Å². The third kappa shape index (κ3) is 3.51. The summed E-state index contributed by atoms with van der Waals surface area (Å²) in [5.41, 5.74) is 3.29. The van der Waals surface area contributed by atoms with Crippen LogP contribution in [0.5, 0.6) is 0 Å². The Balaban J connectivity index is 1.57. The van der Waals surface area contributed by atoms with Crippen LogP contribution in [-0.2, 0) is 9.53 Å². The minimum Gasteiger partial charge on any atom is -0.465 e. The highest BCUT2D eigenvalue weighted by Crippen LogP contribution is 2.48. The first-order chi connectivity index (χ1) is 13.2. The lowest BCUT2D eigenvalue weighted by Gasteiger charge is -2.08. The molecule has 2 aromatic carbocycles. The average Bonchev–Trinajstić information content (AvgIpc) is 3.43. The molecule has 5 heteroatoms. The summed E-state index contributed by atoms with van der Waals surface area (Å²) in [4.78, 5) is 25.1. The first-order valence-electron chi connectivity index (χ1n) is 8.80. The van der Waals surface area contributed by atoms with Crippen LogP contribution >= 0.6 is 11.3 Å². The van der Waals surface area contributed by atoms with E-state index in [1.165, 1.54) is 24.0 Å². The molecule has 1 saturated carbocycles. The molecule has 0 spiro atoms. The molecule has 3 aromatic rings. The number of amides is 1. The smallest absolute Gasteiger partial charge is 0.341 e. The fourth-order valence-corrected chi connectivity index (χ4v) is 4.30. The van der Waals surface area contributed by atoms with Gasteiger partial charge in [0.25, 0.3) is 0 Å². The van der Waals surface area contributed by atoms with Gasteiger partial charge in [-0.3, -0.25) is 4.79 Å². The van der Waals surface area contributed by atoms with Gasteiger partial charge in [-0.15, -0.1) is 11.3 Å². The highest BCUT2D eigenvalue weighted by Gasteiger charge is 2.44. The van der Waals surface area contributed by atoms with E-state index in [0.29, 0.717) is 10.6 Å². The Morgan fingerprint density at radius 1 is 1.04 bits per heavy atom. The topological polar surface area (TPSA) is 55.4 Å². The Morgan fingerprint density at radius 3 is 2.37 bits per heavy atom. The molecule has 1 heterocycles. The van der Waals surface area contributed by atoms with Crippen molar-refractivity contribution in [3.8, 4) is 11.1 Å². The number of hydrogen-bond acceptors (Lipinski definition) is 4.